The fourth-order valence-electron chi connectivity index (χ4n) is 4.59. The summed E-state index contributed by atoms with van der Waals surface area (Å²) in [5.74, 6) is 2.40. The van der Waals surface area contributed by atoms with Gasteiger partial charge in [0.25, 0.3) is 0 Å². The summed E-state index contributed by atoms with van der Waals surface area (Å²) >= 11 is 0. The Morgan fingerprint density at radius 2 is 2.03 bits per heavy atom. The highest BCUT2D eigenvalue weighted by atomic mass is 16.5. The molecule has 1 saturated heterocycles. The molecule has 5 heterocycles. The minimum absolute atomic E-state index is 0.434. The molecule has 0 amide bonds. The Morgan fingerprint density at radius 3 is 2.86 bits per heavy atom. The SMILES string of the molecule is COc1ccc2c(c1)c(-c1cc3c(ncc4cnc(C5CCNC5)n43)[nH]1)cn2C. The Bertz CT molecular complexity index is 1370. The first-order valence-electron chi connectivity index (χ1n) is 9.92. The molecule has 1 fully saturated rings. The summed E-state index contributed by atoms with van der Waals surface area (Å²) in [6.45, 7) is 2.02. The number of nitrogens with one attached hydrogen (secondary N) is 2. The second-order valence-electron chi connectivity index (χ2n) is 7.78. The van der Waals surface area contributed by atoms with E-state index in [4.69, 9.17) is 9.72 Å². The van der Waals surface area contributed by atoms with Crippen molar-refractivity contribution in [1.29, 1.82) is 0 Å². The van der Waals surface area contributed by atoms with E-state index < -0.39 is 0 Å². The summed E-state index contributed by atoms with van der Waals surface area (Å²) in [5, 5.41) is 4.60. The lowest BCUT2D eigenvalue weighted by atomic mass is 10.1. The lowest BCUT2D eigenvalue weighted by Gasteiger charge is -2.08. The van der Waals surface area contributed by atoms with Gasteiger partial charge in [0.2, 0.25) is 0 Å². The number of aryl methyl sites for hydroxylation is 1. The van der Waals surface area contributed by atoms with Crippen LogP contribution in [0, 0.1) is 0 Å². The van der Waals surface area contributed by atoms with Gasteiger partial charge in [0.1, 0.15) is 11.6 Å². The van der Waals surface area contributed by atoms with E-state index in [1.807, 2.05) is 18.5 Å². The maximum absolute atomic E-state index is 5.45. The van der Waals surface area contributed by atoms with E-state index in [9.17, 15) is 0 Å². The highest BCUT2D eigenvalue weighted by molar-refractivity contribution is 5.98. The van der Waals surface area contributed by atoms with E-state index >= 15 is 0 Å². The molecule has 1 aliphatic rings. The second-order valence-corrected chi connectivity index (χ2v) is 7.78. The standard InChI is InChI=1S/C22H22N6O/c1-27-12-17(16-7-15(29-2)3-4-19(16)27)18-8-20-21(26-18)24-10-14-11-25-22(28(14)20)13-5-6-23-9-13/h3-4,7-8,10-13,23,26H,5-6,9H2,1-2H3. The Morgan fingerprint density at radius 1 is 1.14 bits per heavy atom. The van der Waals surface area contributed by atoms with Gasteiger partial charge in [-0.1, -0.05) is 0 Å². The molecule has 0 radical (unpaired) electrons. The zero-order chi connectivity index (χ0) is 19.5. The molecule has 1 atom stereocenters. The molecular weight excluding hydrogens is 364 g/mol. The molecule has 0 bridgehead atoms. The number of hydrogen-bond acceptors (Lipinski definition) is 4. The third-order valence-electron chi connectivity index (χ3n) is 6.07. The lowest BCUT2D eigenvalue weighted by Crippen LogP contribution is -2.10. The Kier molecular flexibility index (Phi) is 3.49. The summed E-state index contributed by atoms with van der Waals surface area (Å²) in [5.41, 5.74) is 6.32. The van der Waals surface area contributed by atoms with Gasteiger partial charge in [-0.2, -0.15) is 0 Å². The normalized spacial score (nSPS) is 17.1. The first-order chi connectivity index (χ1) is 14.2. The fraction of sp³-hybridized carbons (Fsp3) is 0.273. The zero-order valence-corrected chi connectivity index (χ0v) is 16.4. The van der Waals surface area contributed by atoms with Crippen molar-refractivity contribution in [3.05, 3.63) is 48.7 Å². The van der Waals surface area contributed by atoms with Crippen molar-refractivity contribution in [3.8, 4) is 17.0 Å². The maximum atomic E-state index is 5.45. The lowest BCUT2D eigenvalue weighted by molar-refractivity contribution is 0.415. The van der Waals surface area contributed by atoms with Crippen LogP contribution >= 0.6 is 0 Å². The van der Waals surface area contributed by atoms with Crippen molar-refractivity contribution in [2.75, 3.05) is 20.2 Å². The van der Waals surface area contributed by atoms with Gasteiger partial charge in [0, 0.05) is 42.2 Å². The molecule has 6 rings (SSSR count). The van der Waals surface area contributed by atoms with Crippen LogP contribution in [0.25, 0.3) is 38.8 Å². The van der Waals surface area contributed by atoms with Gasteiger partial charge < -0.3 is 19.6 Å². The number of benzene rings is 1. The number of methoxy groups -OCH3 is 1. The number of rotatable bonds is 3. The van der Waals surface area contributed by atoms with Gasteiger partial charge >= 0.3 is 0 Å². The molecule has 1 unspecified atom stereocenters. The number of ether oxygens (including phenoxy) is 1. The molecular formula is C22H22N6O. The van der Waals surface area contributed by atoms with E-state index in [0.29, 0.717) is 5.92 Å². The number of fused-ring (bicyclic) bond motifs is 4. The number of hydrogen-bond donors (Lipinski definition) is 2. The quantitative estimate of drug-likeness (QED) is 0.498. The van der Waals surface area contributed by atoms with Crippen LogP contribution in [0.15, 0.2) is 42.9 Å². The molecule has 7 heteroatoms. The van der Waals surface area contributed by atoms with Crippen LogP contribution in [0.2, 0.25) is 0 Å². The maximum Gasteiger partial charge on any atom is 0.154 e. The van der Waals surface area contributed by atoms with E-state index in [2.05, 4.69) is 55.7 Å². The number of H-pyrrole nitrogens is 1. The average molecular weight is 386 g/mol. The van der Waals surface area contributed by atoms with Crippen molar-refractivity contribution >= 4 is 27.6 Å². The topological polar surface area (TPSA) is 72.2 Å². The van der Waals surface area contributed by atoms with Gasteiger partial charge in [-0.15, -0.1) is 0 Å². The largest absolute Gasteiger partial charge is 0.497 e. The molecule has 4 aromatic heterocycles. The van der Waals surface area contributed by atoms with Crippen molar-refractivity contribution in [3.63, 3.8) is 0 Å². The molecule has 0 saturated carbocycles. The molecule has 5 aromatic rings. The van der Waals surface area contributed by atoms with Crippen molar-refractivity contribution < 1.29 is 4.74 Å². The van der Waals surface area contributed by atoms with E-state index in [-0.39, 0.29) is 0 Å². The zero-order valence-electron chi connectivity index (χ0n) is 16.4. The van der Waals surface area contributed by atoms with Crippen molar-refractivity contribution in [2.45, 2.75) is 12.3 Å². The van der Waals surface area contributed by atoms with E-state index in [1.165, 1.54) is 0 Å². The first kappa shape index (κ1) is 16.6. The number of aromatic nitrogens is 5. The highest BCUT2D eigenvalue weighted by Crippen LogP contribution is 2.34. The van der Waals surface area contributed by atoms with Crippen LogP contribution < -0.4 is 10.1 Å². The number of nitrogens with zero attached hydrogens (tertiary/aromatic N) is 4. The van der Waals surface area contributed by atoms with Crippen LogP contribution in [-0.2, 0) is 7.05 Å². The summed E-state index contributed by atoms with van der Waals surface area (Å²) < 4.78 is 9.85. The Hall–Kier alpha value is -3.32. The van der Waals surface area contributed by atoms with Gasteiger partial charge in [0.15, 0.2) is 5.65 Å². The van der Waals surface area contributed by atoms with Crippen molar-refractivity contribution in [1.82, 2.24) is 29.2 Å². The predicted octanol–water partition coefficient (Wildman–Crippen LogP) is 3.45. The third-order valence-corrected chi connectivity index (χ3v) is 6.07. The van der Waals surface area contributed by atoms with Gasteiger partial charge in [0.05, 0.1) is 36.2 Å². The predicted molar refractivity (Wildman–Crippen MR) is 114 cm³/mol. The molecule has 7 nitrogen and oxygen atoms in total. The van der Waals surface area contributed by atoms with E-state index in [0.717, 1.165) is 69.9 Å². The molecule has 2 N–H and O–H groups in total. The van der Waals surface area contributed by atoms with Crippen LogP contribution in [0.1, 0.15) is 18.2 Å². The summed E-state index contributed by atoms with van der Waals surface area (Å²) in [4.78, 5) is 12.9. The van der Waals surface area contributed by atoms with Gasteiger partial charge in [-0.3, -0.25) is 4.40 Å². The Labute approximate surface area is 167 Å². The van der Waals surface area contributed by atoms with Crippen LogP contribution in [0.4, 0.5) is 0 Å². The van der Waals surface area contributed by atoms with Crippen molar-refractivity contribution in [2.24, 2.45) is 7.05 Å². The molecule has 0 aliphatic carbocycles. The minimum atomic E-state index is 0.434. The summed E-state index contributed by atoms with van der Waals surface area (Å²) in [7, 11) is 3.77. The van der Waals surface area contributed by atoms with E-state index in [1.54, 1.807) is 7.11 Å². The van der Waals surface area contributed by atoms with Crippen LogP contribution in [0.3, 0.4) is 0 Å². The van der Waals surface area contributed by atoms with Crippen LogP contribution in [-0.4, -0.2) is 44.1 Å². The van der Waals surface area contributed by atoms with Gasteiger partial charge in [-0.05, 0) is 37.2 Å². The molecule has 146 valence electrons. The van der Waals surface area contributed by atoms with Gasteiger partial charge in [-0.25, -0.2) is 9.97 Å². The summed E-state index contributed by atoms with van der Waals surface area (Å²) in [6, 6.07) is 8.37. The number of imidazole rings is 1. The number of aromatic amines is 1. The highest BCUT2D eigenvalue weighted by Gasteiger charge is 2.23. The average Bonchev–Trinajstić information content (AvgIpc) is 3.51. The van der Waals surface area contributed by atoms with Crippen LogP contribution in [0.5, 0.6) is 5.75 Å². The fourth-order valence-corrected chi connectivity index (χ4v) is 4.59. The third kappa shape index (κ3) is 2.40. The molecule has 0 spiro atoms. The second kappa shape index (κ2) is 6.09. The molecule has 1 aromatic carbocycles. The Balaban J connectivity index is 1.59. The molecule has 29 heavy (non-hydrogen) atoms. The summed E-state index contributed by atoms with van der Waals surface area (Å²) in [6.07, 6.45) is 7.09. The monoisotopic (exact) mass is 386 g/mol. The molecule has 1 aliphatic heterocycles. The smallest absolute Gasteiger partial charge is 0.154 e. The minimum Gasteiger partial charge on any atom is -0.497 e. The first-order valence-corrected chi connectivity index (χ1v) is 9.92.